The van der Waals surface area contributed by atoms with Crippen LogP contribution in [0, 0.1) is 21.4 Å². The van der Waals surface area contributed by atoms with Gasteiger partial charge in [-0.2, -0.15) is 5.26 Å². The minimum atomic E-state index is -0.421. The van der Waals surface area contributed by atoms with Crippen molar-refractivity contribution in [2.75, 3.05) is 18.0 Å². The highest BCUT2D eigenvalue weighted by molar-refractivity contribution is 5.94. The summed E-state index contributed by atoms with van der Waals surface area (Å²) in [5, 5.41) is 19.7. The molecular weight excluding hydrogens is 332 g/mol. The average molecular weight is 352 g/mol. The zero-order valence-electron chi connectivity index (χ0n) is 14.3. The number of aryl methyl sites for hydroxylation is 1. The maximum absolute atomic E-state index is 12.1. The van der Waals surface area contributed by atoms with Crippen molar-refractivity contribution in [3.05, 3.63) is 69.8 Å². The molecule has 7 heteroatoms. The second-order valence-corrected chi connectivity index (χ2v) is 5.79. The van der Waals surface area contributed by atoms with E-state index >= 15 is 0 Å². The van der Waals surface area contributed by atoms with E-state index in [-0.39, 0.29) is 18.1 Å². The van der Waals surface area contributed by atoms with E-state index in [4.69, 9.17) is 11.0 Å². The van der Waals surface area contributed by atoms with Gasteiger partial charge in [0.2, 0.25) is 5.91 Å². The molecule has 0 aliphatic carbocycles. The summed E-state index contributed by atoms with van der Waals surface area (Å²) in [5.41, 5.74) is 7.74. The normalized spacial score (nSPS) is 10.2. The molecule has 134 valence electrons. The third-order valence-corrected chi connectivity index (χ3v) is 4.01. The summed E-state index contributed by atoms with van der Waals surface area (Å²) in [5.74, 6) is -0.199. The van der Waals surface area contributed by atoms with Crippen molar-refractivity contribution < 1.29 is 9.72 Å². The quantitative estimate of drug-likeness (QED) is 0.446. The third-order valence-electron chi connectivity index (χ3n) is 4.01. The summed E-state index contributed by atoms with van der Waals surface area (Å²) in [7, 11) is 0. The predicted octanol–water partition coefficient (Wildman–Crippen LogP) is 2.78. The van der Waals surface area contributed by atoms with Gasteiger partial charge < -0.3 is 10.6 Å². The third kappa shape index (κ3) is 5.13. The number of unbranched alkanes of at least 4 members (excludes halogenated alkanes) is 1. The van der Waals surface area contributed by atoms with E-state index in [0.29, 0.717) is 17.8 Å². The lowest BCUT2D eigenvalue weighted by Gasteiger charge is -2.22. The number of nitrogens with zero attached hydrogens (tertiary/aromatic N) is 3. The van der Waals surface area contributed by atoms with Gasteiger partial charge in [0.05, 0.1) is 23.1 Å². The Kier molecular flexibility index (Phi) is 6.83. The molecule has 0 unspecified atom stereocenters. The zero-order chi connectivity index (χ0) is 18.9. The van der Waals surface area contributed by atoms with Crippen LogP contribution in [-0.4, -0.2) is 23.9 Å². The van der Waals surface area contributed by atoms with Gasteiger partial charge in [0, 0.05) is 24.4 Å². The van der Waals surface area contributed by atoms with E-state index in [9.17, 15) is 14.9 Å². The van der Waals surface area contributed by atoms with E-state index in [0.717, 1.165) is 24.8 Å². The van der Waals surface area contributed by atoms with Crippen molar-refractivity contribution in [1.29, 1.82) is 5.26 Å². The monoisotopic (exact) mass is 352 g/mol. The van der Waals surface area contributed by atoms with E-state index in [1.165, 1.54) is 12.1 Å². The standard InChI is InChI=1S/C19H20N4O3/c20-13-16-5-3-6-18(12-16)22(19(24)14-21)11-2-1-4-15-7-9-17(10-8-15)23(25)26/h3,5-10,12H,1-2,4,11,14,21H2. The number of nitro benzene ring substituents is 1. The molecule has 0 aliphatic rings. The van der Waals surface area contributed by atoms with Crippen molar-refractivity contribution in [3.8, 4) is 6.07 Å². The first-order valence-corrected chi connectivity index (χ1v) is 8.29. The van der Waals surface area contributed by atoms with Crippen molar-refractivity contribution in [2.45, 2.75) is 19.3 Å². The molecule has 2 aromatic rings. The van der Waals surface area contributed by atoms with Crippen molar-refractivity contribution in [2.24, 2.45) is 5.73 Å². The molecule has 0 atom stereocenters. The molecule has 0 radical (unpaired) electrons. The highest BCUT2D eigenvalue weighted by Crippen LogP contribution is 2.18. The molecule has 1 amide bonds. The molecule has 0 saturated heterocycles. The van der Waals surface area contributed by atoms with Crippen molar-refractivity contribution >= 4 is 17.3 Å². The smallest absolute Gasteiger partial charge is 0.269 e. The highest BCUT2D eigenvalue weighted by atomic mass is 16.6. The fourth-order valence-corrected chi connectivity index (χ4v) is 2.63. The van der Waals surface area contributed by atoms with Crippen LogP contribution in [0.4, 0.5) is 11.4 Å². The molecule has 0 saturated carbocycles. The number of nitriles is 1. The Morgan fingerprint density at radius 2 is 1.92 bits per heavy atom. The van der Waals surface area contributed by atoms with Gasteiger partial charge in [-0.1, -0.05) is 18.2 Å². The van der Waals surface area contributed by atoms with Gasteiger partial charge in [-0.3, -0.25) is 14.9 Å². The van der Waals surface area contributed by atoms with Crippen molar-refractivity contribution in [3.63, 3.8) is 0 Å². The molecule has 2 aromatic carbocycles. The van der Waals surface area contributed by atoms with E-state index < -0.39 is 4.92 Å². The summed E-state index contributed by atoms with van der Waals surface area (Å²) < 4.78 is 0. The van der Waals surface area contributed by atoms with Gasteiger partial charge in [0.25, 0.3) is 5.69 Å². The van der Waals surface area contributed by atoms with Gasteiger partial charge in [-0.15, -0.1) is 0 Å². The number of non-ortho nitro benzene ring substituents is 1. The van der Waals surface area contributed by atoms with Crippen LogP contribution in [0.25, 0.3) is 0 Å². The average Bonchev–Trinajstić information content (AvgIpc) is 2.67. The van der Waals surface area contributed by atoms with Gasteiger partial charge in [0.1, 0.15) is 0 Å². The predicted molar refractivity (Wildman–Crippen MR) is 98.6 cm³/mol. The minimum Gasteiger partial charge on any atom is -0.322 e. The summed E-state index contributed by atoms with van der Waals surface area (Å²) >= 11 is 0. The topological polar surface area (TPSA) is 113 Å². The fraction of sp³-hybridized carbons (Fsp3) is 0.263. The van der Waals surface area contributed by atoms with Gasteiger partial charge >= 0.3 is 0 Å². The molecule has 0 aromatic heterocycles. The molecule has 26 heavy (non-hydrogen) atoms. The summed E-state index contributed by atoms with van der Waals surface area (Å²) in [4.78, 5) is 24.0. The maximum Gasteiger partial charge on any atom is 0.269 e. The molecule has 2 rings (SSSR count). The summed E-state index contributed by atoms with van der Waals surface area (Å²) in [6, 6.07) is 15.4. The van der Waals surface area contributed by atoms with E-state index in [1.54, 1.807) is 41.3 Å². The second-order valence-electron chi connectivity index (χ2n) is 5.79. The maximum atomic E-state index is 12.1. The Bertz CT molecular complexity index is 812. The number of carbonyl (C=O) groups is 1. The zero-order valence-corrected chi connectivity index (χ0v) is 14.3. The number of anilines is 1. The number of carbonyl (C=O) groups excluding carboxylic acids is 1. The molecule has 0 bridgehead atoms. The van der Waals surface area contributed by atoms with E-state index in [1.807, 2.05) is 0 Å². The lowest BCUT2D eigenvalue weighted by molar-refractivity contribution is -0.384. The van der Waals surface area contributed by atoms with Gasteiger partial charge in [-0.25, -0.2) is 0 Å². The number of hydrogen-bond acceptors (Lipinski definition) is 5. The Balaban J connectivity index is 1.94. The molecule has 7 nitrogen and oxygen atoms in total. The number of nitro groups is 1. The number of rotatable bonds is 8. The number of hydrogen-bond donors (Lipinski definition) is 1. The molecule has 0 fully saturated rings. The van der Waals surface area contributed by atoms with Gasteiger partial charge in [-0.05, 0) is 43.0 Å². The fourth-order valence-electron chi connectivity index (χ4n) is 2.63. The lowest BCUT2D eigenvalue weighted by atomic mass is 10.1. The van der Waals surface area contributed by atoms with Crippen molar-refractivity contribution in [1.82, 2.24) is 0 Å². The van der Waals surface area contributed by atoms with Crippen LogP contribution in [0.2, 0.25) is 0 Å². The second kappa shape index (κ2) is 9.30. The Morgan fingerprint density at radius 1 is 1.19 bits per heavy atom. The largest absolute Gasteiger partial charge is 0.322 e. The molecule has 2 N–H and O–H groups in total. The van der Waals surface area contributed by atoms with Gasteiger partial charge in [0.15, 0.2) is 0 Å². The number of benzene rings is 2. The van der Waals surface area contributed by atoms with Crippen LogP contribution in [0.5, 0.6) is 0 Å². The van der Waals surface area contributed by atoms with Crippen LogP contribution >= 0.6 is 0 Å². The molecule has 0 heterocycles. The van der Waals surface area contributed by atoms with Crippen LogP contribution < -0.4 is 10.6 Å². The number of nitrogens with two attached hydrogens (primary N) is 1. The van der Waals surface area contributed by atoms with Crippen LogP contribution in [-0.2, 0) is 11.2 Å². The highest BCUT2D eigenvalue weighted by Gasteiger charge is 2.14. The minimum absolute atomic E-state index is 0.0749. The number of amides is 1. The molecule has 0 spiro atoms. The SMILES string of the molecule is N#Cc1cccc(N(CCCCc2ccc([N+](=O)[O-])cc2)C(=O)CN)c1. The van der Waals surface area contributed by atoms with Crippen LogP contribution in [0.1, 0.15) is 24.0 Å². The first-order chi connectivity index (χ1) is 12.5. The molecule has 0 aliphatic heterocycles. The first kappa shape index (κ1) is 19.1. The van der Waals surface area contributed by atoms with Crippen LogP contribution in [0.3, 0.4) is 0 Å². The lowest BCUT2D eigenvalue weighted by Crippen LogP contribution is -2.36. The first-order valence-electron chi connectivity index (χ1n) is 8.29. The summed E-state index contributed by atoms with van der Waals surface area (Å²) in [6.45, 7) is 0.400. The molecular formula is C19H20N4O3. The Hall–Kier alpha value is -3.24. The van der Waals surface area contributed by atoms with Crippen LogP contribution in [0.15, 0.2) is 48.5 Å². The summed E-state index contributed by atoms with van der Waals surface area (Å²) in [6.07, 6.45) is 2.34. The Morgan fingerprint density at radius 3 is 2.54 bits per heavy atom. The Labute approximate surface area is 151 Å². The van der Waals surface area contributed by atoms with E-state index in [2.05, 4.69) is 6.07 Å².